The van der Waals surface area contributed by atoms with Crippen molar-refractivity contribution in [3.8, 4) is 0 Å². The molecule has 3 rings (SSSR count). The molecule has 0 bridgehead atoms. The Balaban J connectivity index is 1.76. The Morgan fingerprint density at radius 1 is 1.28 bits per heavy atom. The molecule has 0 aliphatic carbocycles. The zero-order valence-corrected chi connectivity index (χ0v) is 14.2. The summed E-state index contributed by atoms with van der Waals surface area (Å²) < 4.78 is 10.2. The quantitative estimate of drug-likeness (QED) is 0.692. The van der Waals surface area contributed by atoms with Gasteiger partial charge >= 0.3 is 0 Å². The average Bonchev–Trinajstić information content (AvgIpc) is 3.06. The van der Waals surface area contributed by atoms with E-state index in [2.05, 4.69) is 10.1 Å². The Morgan fingerprint density at radius 3 is 2.72 bits per heavy atom. The van der Waals surface area contributed by atoms with Gasteiger partial charge in [0.25, 0.3) is 5.91 Å². The molecule has 0 spiro atoms. The van der Waals surface area contributed by atoms with E-state index in [0.717, 1.165) is 10.8 Å². The fraction of sp³-hybridized carbons (Fsp3) is 0.278. The summed E-state index contributed by atoms with van der Waals surface area (Å²) in [5, 5.41) is 5.83. The Kier molecular flexibility index (Phi) is 4.95. The predicted octanol–water partition coefficient (Wildman–Crippen LogP) is 2.27. The number of nitrogens with zero attached hydrogens (tertiary/aromatic N) is 3. The molecule has 7 heteroatoms. The fourth-order valence-corrected chi connectivity index (χ4v) is 2.57. The van der Waals surface area contributed by atoms with Gasteiger partial charge in [0.15, 0.2) is 5.82 Å². The van der Waals surface area contributed by atoms with E-state index >= 15 is 0 Å². The van der Waals surface area contributed by atoms with Crippen LogP contribution in [0.2, 0.25) is 0 Å². The molecule has 7 nitrogen and oxygen atoms in total. The summed E-state index contributed by atoms with van der Waals surface area (Å²) in [7, 11) is 3.29. The van der Waals surface area contributed by atoms with Gasteiger partial charge in [-0.15, -0.1) is 0 Å². The first-order chi connectivity index (χ1) is 12.1. The van der Waals surface area contributed by atoms with Crippen LogP contribution in [0.4, 0.5) is 5.69 Å². The van der Waals surface area contributed by atoms with Gasteiger partial charge in [-0.2, -0.15) is 4.98 Å². The van der Waals surface area contributed by atoms with Crippen molar-refractivity contribution >= 4 is 22.4 Å². The van der Waals surface area contributed by atoms with E-state index in [0.29, 0.717) is 36.0 Å². The highest BCUT2D eigenvalue weighted by molar-refractivity contribution is 6.03. The highest BCUT2D eigenvalue weighted by Gasteiger charge is 2.18. The third-order valence-corrected chi connectivity index (χ3v) is 3.91. The summed E-state index contributed by atoms with van der Waals surface area (Å²) in [4.78, 5) is 18.5. The van der Waals surface area contributed by atoms with Crippen LogP contribution in [-0.4, -0.2) is 41.7 Å². The van der Waals surface area contributed by atoms with Crippen molar-refractivity contribution in [2.24, 2.45) is 0 Å². The molecule has 0 atom stereocenters. The van der Waals surface area contributed by atoms with Crippen molar-refractivity contribution in [3.05, 3.63) is 53.7 Å². The van der Waals surface area contributed by atoms with Crippen LogP contribution in [0.5, 0.6) is 0 Å². The zero-order valence-electron chi connectivity index (χ0n) is 14.2. The van der Waals surface area contributed by atoms with Crippen molar-refractivity contribution in [2.45, 2.75) is 13.0 Å². The van der Waals surface area contributed by atoms with Crippen molar-refractivity contribution in [3.63, 3.8) is 0 Å². The monoisotopic (exact) mass is 340 g/mol. The molecule has 0 saturated heterocycles. The molecule has 2 aromatic carbocycles. The molecule has 130 valence electrons. The number of aromatic nitrogens is 2. The molecule has 0 saturated carbocycles. The lowest BCUT2D eigenvalue weighted by atomic mass is 10.0. The van der Waals surface area contributed by atoms with Crippen LogP contribution in [0.15, 0.2) is 40.9 Å². The van der Waals surface area contributed by atoms with Gasteiger partial charge < -0.3 is 19.9 Å². The maximum atomic E-state index is 12.7. The minimum absolute atomic E-state index is 0.195. The van der Waals surface area contributed by atoms with Gasteiger partial charge in [-0.3, -0.25) is 4.79 Å². The van der Waals surface area contributed by atoms with Gasteiger partial charge in [0.05, 0.1) is 18.7 Å². The Bertz CT molecular complexity index is 891. The van der Waals surface area contributed by atoms with Gasteiger partial charge in [-0.05, 0) is 22.9 Å². The van der Waals surface area contributed by atoms with Crippen LogP contribution in [0.1, 0.15) is 22.1 Å². The smallest absolute Gasteiger partial charge is 0.256 e. The Labute approximate surface area is 145 Å². The summed E-state index contributed by atoms with van der Waals surface area (Å²) in [6.45, 7) is 0.729. The number of benzene rings is 2. The number of amides is 1. The van der Waals surface area contributed by atoms with Crippen LogP contribution in [0.25, 0.3) is 10.8 Å². The summed E-state index contributed by atoms with van der Waals surface area (Å²) in [6.07, 6.45) is 0.565. The molecule has 0 radical (unpaired) electrons. The highest BCUT2D eigenvalue weighted by Crippen LogP contribution is 2.23. The molecule has 2 N–H and O–H groups in total. The molecule has 0 fully saturated rings. The molecule has 1 amide bonds. The number of hydrogen-bond acceptors (Lipinski definition) is 6. The van der Waals surface area contributed by atoms with Gasteiger partial charge in [0.1, 0.15) is 0 Å². The number of nitrogen functional groups attached to an aromatic ring is 1. The van der Waals surface area contributed by atoms with E-state index in [9.17, 15) is 4.79 Å². The van der Waals surface area contributed by atoms with Crippen molar-refractivity contribution in [1.82, 2.24) is 15.0 Å². The number of carbonyl (C=O) groups excluding carboxylic acids is 1. The second-order valence-electron chi connectivity index (χ2n) is 5.79. The second-order valence-corrected chi connectivity index (χ2v) is 5.79. The van der Waals surface area contributed by atoms with Gasteiger partial charge in [-0.1, -0.05) is 29.4 Å². The number of hydrogen-bond donors (Lipinski definition) is 1. The van der Waals surface area contributed by atoms with Crippen molar-refractivity contribution in [2.75, 3.05) is 26.5 Å². The van der Waals surface area contributed by atoms with Crippen LogP contribution in [0.3, 0.4) is 0 Å². The van der Waals surface area contributed by atoms with Crippen LogP contribution >= 0.6 is 0 Å². The maximum Gasteiger partial charge on any atom is 0.256 e. The number of carbonyl (C=O) groups is 1. The van der Waals surface area contributed by atoms with E-state index in [-0.39, 0.29) is 12.5 Å². The van der Waals surface area contributed by atoms with Crippen LogP contribution in [-0.2, 0) is 17.7 Å². The minimum atomic E-state index is -0.195. The number of methoxy groups -OCH3 is 1. The third kappa shape index (κ3) is 3.77. The number of nitrogens with two attached hydrogens (primary N) is 1. The molecule has 25 heavy (non-hydrogen) atoms. The van der Waals surface area contributed by atoms with E-state index in [1.807, 2.05) is 30.3 Å². The molecule has 1 heterocycles. The lowest BCUT2D eigenvalue weighted by Gasteiger charge is -2.16. The molecule has 0 aliphatic rings. The first-order valence-electron chi connectivity index (χ1n) is 7.92. The second kappa shape index (κ2) is 7.31. The summed E-state index contributed by atoms with van der Waals surface area (Å²) in [6, 6.07) is 11.4. The topological polar surface area (TPSA) is 94.5 Å². The highest BCUT2D eigenvalue weighted by atomic mass is 16.5. The van der Waals surface area contributed by atoms with Gasteiger partial charge in [0, 0.05) is 26.3 Å². The van der Waals surface area contributed by atoms with Crippen LogP contribution < -0.4 is 5.73 Å². The lowest BCUT2D eigenvalue weighted by Crippen LogP contribution is -2.27. The van der Waals surface area contributed by atoms with Crippen molar-refractivity contribution in [1.29, 1.82) is 0 Å². The molecular formula is C18H20N4O3. The number of anilines is 1. The molecule has 0 unspecified atom stereocenters. The lowest BCUT2D eigenvalue weighted by molar-refractivity contribution is 0.0771. The van der Waals surface area contributed by atoms with E-state index < -0.39 is 0 Å². The molecule has 1 aromatic heterocycles. The summed E-state index contributed by atoms with van der Waals surface area (Å²) in [5.41, 5.74) is 6.97. The average molecular weight is 340 g/mol. The normalized spacial score (nSPS) is 11.0. The zero-order chi connectivity index (χ0) is 17.8. The summed E-state index contributed by atoms with van der Waals surface area (Å²) >= 11 is 0. The molecule has 0 aliphatic heterocycles. The van der Waals surface area contributed by atoms with E-state index in [4.69, 9.17) is 15.0 Å². The number of rotatable bonds is 6. The summed E-state index contributed by atoms with van der Waals surface area (Å²) in [5.74, 6) is 0.740. The van der Waals surface area contributed by atoms with Crippen LogP contribution in [0, 0.1) is 0 Å². The van der Waals surface area contributed by atoms with Gasteiger partial charge in [-0.25, -0.2) is 0 Å². The Hall–Kier alpha value is -2.93. The fourth-order valence-electron chi connectivity index (χ4n) is 2.57. The van der Waals surface area contributed by atoms with E-state index in [1.165, 1.54) is 4.90 Å². The SMILES string of the molecule is COCCc1noc(CN(C)C(=O)c2cc3ccccc3cc2N)n1. The number of fused-ring (bicyclic) bond motifs is 1. The first-order valence-corrected chi connectivity index (χ1v) is 7.92. The molecule has 3 aromatic rings. The van der Waals surface area contributed by atoms with Crippen molar-refractivity contribution < 1.29 is 14.1 Å². The molecular weight excluding hydrogens is 320 g/mol. The van der Waals surface area contributed by atoms with E-state index in [1.54, 1.807) is 20.2 Å². The van der Waals surface area contributed by atoms with Gasteiger partial charge in [0.2, 0.25) is 5.89 Å². The standard InChI is InChI=1S/C18H20N4O3/c1-22(11-17-20-16(21-25-17)7-8-24-2)18(23)14-9-12-5-3-4-6-13(12)10-15(14)19/h3-6,9-10H,7-8,11,19H2,1-2H3. The third-order valence-electron chi connectivity index (χ3n) is 3.91. The largest absolute Gasteiger partial charge is 0.398 e. The predicted molar refractivity (Wildman–Crippen MR) is 94.0 cm³/mol. The maximum absolute atomic E-state index is 12.7. The number of ether oxygens (including phenoxy) is 1. The minimum Gasteiger partial charge on any atom is -0.398 e. The first kappa shape index (κ1) is 16.9. The Morgan fingerprint density at radius 2 is 2.00 bits per heavy atom.